The topological polar surface area (TPSA) is 231 Å². The summed E-state index contributed by atoms with van der Waals surface area (Å²) < 4.78 is 21.0. The zero-order valence-electron chi connectivity index (χ0n) is 26.6. The molecule has 2 unspecified atom stereocenters. The summed E-state index contributed by atoms with van der Waals surface area (Å²) >= 11 is 0. The van der Waals surface area contributed by atoms with Crippen LogP contribution in [0.1, 0.15) is 27.7 Å². The van der Waals surface area contributed by atoms with Crippen molar-refractivity contribution in [3.63, 3.8) is 0 Å². The molecule has 5 atom stereocenters. The van der Waals surface area contributed by atoms with Gasteiger partial charge in [0.1, 0.15) is 0 Å². The third-order valence-electron chi connectivity index (χ3n) is 7.55. The van der Waals surface area contributed by atoms with Crippen LogP contribution in [-0.4, -0.2) is 164 Å². The Morgan fingerprint density at radius 1 is 0.848 bits per heavy atom. The zero-order valence-corrected chi connectivity index (χ0v) is 26.6. The molecule has 2 aliphatic rings. The number of morpholine rings is 1. The number of carboxylic acids is 2. The molecule has 46 heavy (non-hydrogen) atoms. The molecule has 2 aliphatic heterocycles. The van der Waals surface area contributed by atoms with Crippen LogP contribution in [-0.2, 0) is 52.5 Å². The van der Waals surface area contributed by atoms with Crippen LogP contribution >= 0.6 is 0 Å². The fourth-order valence-electron chi connectivity index (χ4n) is 5.10. The van der Waals surface area contributed by atoms with E-state index < -0.39 is 60.7 Å². The SMILES string of the molecule is CC(=O)OC1[C@H](OC(C)=O)OC(CNCCNC(=O)CN(CCN(CCN2CC(=O)OC(=O)C2)CC(=O)O)CC(=O)O)[C@@H](C)[C@@H]1C. The predicted octanol–water partition coefficient (Wildman–Crippen LogP) is -2.66. The first kappa shape index (κ1) is 38.5. The van der Waals surface area contributed by atoms with E-state index in [4.69, 9.17) is 14.2 Å². The number of carbonyl (C=O) groups is 7. The van der Waals surface area contributed by atoms with E-state index >= 15 is 0 Å². The highest BCUT2D eigenvalue weighted by Gasteiger charge is 2.45. The normalized spacial score (nSPS) is 23.6. The van der Waals surface area contributed by atoms with Gasteiger partial charge in [0.25, 0.3) is 0 Å². The minimum absolute atomic E-state index is 0.0672. The van der Waals surface area contributed by atoms with Gasteiger partial charge in [-0.15, -0.1) is 0 Å². The fourth-order valence-corrected chi connectivity index (χ4v) is 5.10. The van der Waals surface area contributed by atoms with E-state index in [9.17, 15) is 43.8 Å². The second-order valence-corrected chi connectivity index (χ2v) is 11.3. The van der Waals surface area contributed by atoms with E-state index in [-0.39, 0.29) is 76.8 Å². The molecule has 2 saturated heterocycles. The van der Waals surface area contributed by atoms with Crippen molar-refractivity contribution in [3.05, 3.63) is 0 Å². The molecule has 0 radical (unpaired) electrons. The number of hydrogen-bond donors (Lipinski definition) is 4. The number of carboxylic acid groups (broad SMARTS) is 2. The summed E-state index contributed by atoms with van der Waals surface area (Å²) in [5.74, 6) is -5.43. The first-order valence-corrected chi connectivity index (χ1v) is 15.0. The first-order chi connectivity index (χ1) is 21.6. The quantitative estimate of drug-likeness (QED) is 0.0480. The van der Waals surface area contributed by atoms with Crippen LogP contribution in [0.25, 0.3) is 0 Å². The van der Waals surface area contributed by atoms with Crippen molar-refractivity contribution in [2.45, 2.75) is 46.2 Å². The summed E-state index contributed by atoms with van der Waals surface area (Å²) in [5, 5.41) is 24.5. The van der Waals surface area contributed by atoms with Crippen molar-refractivity contribution in [3.8, 4) is 0 Å². The number of carbonyl (C=O) groups excluding carboxylic acids is 5. The van der Waals surface area contributed by atoms with Gasteiger partial charge in [0.05, 0.1) is 38.8 Å². The Morgan fingerprint density at radius 2 is 1.43 bits per heavy atom. The molecule has 4 N–H and O–H groups in total. The average Bonchev–Trinajstić information content (AvgIpc) is 2.93. The number of aliphatic carboxylic acids is 2. The number of cyclic esters (lactones) is 2. The Labute approximate surface area is 266 Å². The van der Waals surface area contributed by atoms with Crippen molar-refractivity contribution in [1.82, 2.24) is 25.3 Å². The number of hydrogen-bond acceptors (Lipinski definition) is 15. The van der Waals surface area contributed by atoms with E-state index in [2.05, 4.69) is 15.4 Å². The van der Waals surface area contributed by atoms with E-state index in [1.54, 1.807) is 0 Å². The molecule has 18 heteroatoms. The molecule has 0 aromatic rings. The second kappa shape index (κ2) is 19.1. The smallest absolute Gasteiger partial charge is 0.327 e. The lowest BCUT2D eigenvalue weighted by Gasteiger charge is -2.43. The summed E-state index contributed by atoms with van der Waals surface area (Å²) in [7, 11) is 0. The molecular weight excluding hydrogens is 614 g/mol. The average molecular weight is 660 g/mol. The van der Waals surface area contributed by atoms with Crippen LogP contribution in [0, 0.1) is 11.8 Å². The van der Waals surface area contributed by atoms with Gasteiger partial charge in [-0.1, -0.05) is 13.8 Å². The minimum Gasteiger partial charge on any atom is -0.480 e. The molecule has 0 aliphatic carbocycles. The molecule has 260 valence electrons. The first-order valence-electron chi connectivity index (χ1n) is 15.0. The molecule has 1 amide bonds. The van der Waals surface area contributed by atoms with Gasteiger partial charge in [-0.2, -0.15) is 0 Å². The number of ether oxygens (including phenoxy) is 4. The van der Waals surface area contributed by atoms with Crippen LogP contribution in [0.4, 0.5) is 0 Å². The minimum atomic E-state index is -1.16. The zero-order chi connectivity index (χ0) is 34.4. The molecule has 2 fully saturated rings. The summed E-state index contributed by atoms with van der Waals surface area (Å²) in [4.78, 5) is 85.9. The van der Waals surface area contributed by atoms with Crippen molar-refractivity contribution in [2.75, 3.05) is 78.5 Å². The monoisotopic (exact) mass is 659 g/mol. The van der Waals surface area contributed by atoms with Gasteiger partial charge in [0.15, 0.2) is 6.10 Å². The number of nitrogens with zero attached hydrogens (tertiary/aromatic N) is 3. The Hall–Kier alpha value is -3.71. The fraction of sp³-hybridized carbons (Fsp3) is 0.750. The third-order valence-corrected chi connectivity index (χ3v) is 7.55. The molecular formula is C28H45N5O13. The number of rotatable bonds is 19. The Kier molecular flexibility index (Phi) is 15.9. The van der Waals surface area contributed by atoms with Gasteiger partial charge in [0.2, 0.25) is 12.2 Å². The van der Waals surface area contributed by atoms with Gasteiger partial charge in [0, 0.05) is 65.6 Å². The molecule has 0 bridgehead atoms. The second-order valence-electron chi connectivity index (χ2n) is 11.3. The van der Waals surface area contributed by atoms with Gasteiger partial charge >= 0.3 is 35.8 Å². The predicted molar refractivity (Wildman–Crippen MR) is 156 cm³/mol. The van der Waals surface area contributed by atoms with E-state index in [0.29, 0.717) is 13.1 Å². The lowest BCUT2D eigenvalue weighted by atomic mass is 9.83. The molecule has 0 aromatic heterocycles. The van der Waals surface area contributed by atoms with E-state index in [0.717, 1.165) is 0 Å². The van der Waals surface area contributed by atoms with Crippen LogP contribution in [0.2, 0.25) is 0 Å². The Morgan fingerprint density at radius 3 is 2.02 bits per heavy atom. The van der Waals surface area contributed by atoms with Crippen LogP contribution < -0.4 is 10.6 Å². The number of nitrogens with one attached hydrogen (secondary N) is 2. The maximum absolute atomic E-state index is 12.6. The highest BCUT2D eigenvalue weighted by Crippen LogP contribution is 2.33. The van der Waals surface area contributed by atoms with Crippen molar-refractivity contribution in [2.24, 2.45) is 11.8 Å². The molecule has 18 nitrogen and oxygen atoms in total. The van der Waals surface area contributed by atoms with E-state index in [1.807, 2.05) is 13.8 Å². The summed E-state index contributed by atoms with van der Waals surface area (Å²) in [6.45, 7) is 6.51. The molecule has 0 saturated carbocycles. The van der Waals surface area contributed by atoms with Gasteiger partial charge < -0.3 is 39.8 Å². The highest BCUT2D eigenvalue weighted by atomic mass is 16.7. The van der Waals surface area contributed by atoms with Crippen molar-refractivity contribution < 1.29 is 62.7 Å². The van der Waals surface area contributed by atoms with Crippen LogP contribution in [0.5, 0.6) is 0 Å². The van der Waals surface area contributed by atoms with Crippen molar-refractivity contribution >= 4 is 41.7 Å². The van der Waals surface area contributed by atoms with Gasteiger partial charge in [-0.25, -0.2) is 0 Å². The van der Waals surface area contributed by atoms with Gasteiger partial charge in [-0.3, -0.25) is 48.3 Å². The van der Waals surface area contributed by atoms with Gasteiger partial charge in [-0.05, 0) is 5.92 Å². The summed E-state index contributed by atoms with van der Waals surface area (Å²) in [6, 6.07) is 0. The molecule has 2 heterocycles. The molecule has 0 aromatic carbocycles. The number of esters is 4. The number of amides is 1. The standard InChI is InChI=1S/C28H45N5O13/c1-17-18(2)27(43-19(3)34)28(44-20(4)35)45-21(17)11-29-5-6-30-22(36)12-32(14-24(39)40)9-7-31(13-23(37)38)8-10-33-15-25(41)46-26(42)16-33/h17-18,21,27-29H,5-16H2,1-4H3,(H,30,36)(H,37,38)(H,39,40)/t17-,18-,21?,27?,28+/m0/s1. The lowest BCUT2D eigenvalue weighted by molar-refractivity contribution is -0.265. The Balaban J connectivity index is 1.81. The third kappa shape index (κ3) is 14.2. The molecule has 0 spiro atoms. The largest absolute Gasteiger partial charge is 0.480 e. The van der Waals surface area contributed by atoms with Crippen LogP contribution in [0.15, 0.2) is 0 Å². The Bertz CT molecular complexity index is 1090. The van der Waals surface area contributed by atoms with E-state index in [1.165, 1.54) is 28.5 Å². The maximum Gasteiger partial charge on any atom is 0.327 e. The van der Waals surface area contributed by atoms with Crippen LogP contribution in [0.3, 0.4) is 0 Å². The maximum atomic E-state index is 12.6. The highest BCUT2D eigenvalue weighted by molar-refractivity contribution is 5.90. The lowest BCUT2D eigenvalue weighted by Crippen LogP contribution is -2.55. The van der Waals surface area contributed by atoms with Crippen molar-refractivity contribution in [1.29, 1.82) is 0 Å². The summed E-state index contributed by atoms with van der Waals surface area (Å²) in [6.07, 6.45) is -2.19. The molecule has 2 rings (SSSR count). The summed E-state index contributed by atoms with van der Waals surface area (Å²) in [5.41, 5.74) is 0.